The topological polar surface area (TPSA) is 86.8 Å². The number of hydrogen-bond acceptors (Lipinski definition) is 6. The molecule has 1 fully saturated rings. The average molecular weight is 454 g/mol. The van der Waals surface area contributed by atoms with Crippen LogP contribution in [-0.4, -0.2) is 66.3 Å². The Kier molecular flexibility index (Phi) is 8.27. The molecule has 1 aromatic heterocycles. The summed E-state index contributed by atoms with van der Waals surface area (Å²) in [6, 6.07) is 11.2. The quantitative estimate of drug-likeness (QED) is 0.669. The maximum absolute atomic E-state index is 12.7. The second-order valence-electron chi connectivity index (χ2n) is 9.31. The van der Waals surface area contributed by atoms with Gasteiger partial charge in [-0.25, -0.2) is 4.79 Å². The highest BCUT2D eigenvalue weighted by Gasteiger charge is 2.23. The minimum Gasteiger partial charge on any atom is -0.444 e. The summed E-state index contributed by atoms with van der Waals surface area (Å²) >= 11 is 0. The fourth-order valence-electron chi connectivity index (χ4n) is 3.70. The number of aromatic nitrogens is 1. The fourth-order valence-corrected chi connectivity index (χ4v) is 3.70. The van der Waals surface area contributed by atoms with Crippen molar-refractivity contribution in [1.82, 2.24) is 15.2 Å². The highest BCUT2D eigenvalue weighted by Crippen LogP contribution is 2.27. The number of anilines is 2. The van der Waals surface area contributed by atoms with Crippen LogP contribution in [0.4, 0.5) is 16.2 Å². The van der Waals surface area contributed by atoms with Crippen LogP contribution >= 0.6 is 0 Å². The van der Waals surface area contributed by atoms with E-state index < -0.39 is 17.7 Å². The first-order valence-corrected chi connectivity index (χ1v) is 11.5. The number of carbonyl (C=O) groups is 2. The maximum atomic E-state index is 12.7. The lowest BCUT2D eigenvalue weighted by atomic mass is 10.1. The SMILES string of the molecule is CC(NC(=O)OC(C)(C)C)C(=O)Nc1ccccc1N1CCN(CCc2ccncc2)CC1. The van der Waals surface area contributed by atoms with E-state index in [-0.39, 0.29) is 5.91 Å². The van der Waals surface area contributed by atoms with Crippen molar-refractivity contribution in [1.29, 1.82) is 0 Å². The minimum absolute atomic E-state index is 0.288. The molecule has 1 unspecified atom stereocenters. The van der Waals surface area contributed by atoms with Gasteiger partial charge in [-0.3, -0.25) is 14.7 Å². The standard InChI is InChI=1S/C25H35N5O3/c1-19(27-24(32)33-25(2,3)4)23(31)28-21-7-5-6-8-22(21)30-17-15-29(16-18-30)14-11-20-9-12-26-13-10-20/h5-10,12-13,19H,11,14-18H2,1-4H3,(H,27,32)(H,28,31). The van der Waals surface area contributed by atoms with E-state index in [4.69, 9.17) is 4.74 Å². The van der Waals surface area contributed by atoms with Gasteiger partial charge in [0, 0.05) is 45.1 Å². The van der Waals surface area contributed by atoms with Crippen molar-refractivity contribution in [3.05, 3.63) is 54.4 Å². The monoisotopic (exact) mass is 453 g/mol. The van der Waals surface area contributed by atoms with Crippen molar-refractivity contribution in [3.8, 4) is 0 Å². The van der Waals surface area contributed by atoms with E-state index in [1.165, 1.54) is 5.56 Å². The molecule has 2 heterocycles. The molecule has 0 saturated carbocycles. The summed E-state index contributed by atoms with van der Waals surface area (Å²) in [4.78, 5) is 33.5. The molecule has 1 aromatic carbocycles. The summed E-state index contributed by atoms with van der Waals surface area (Å²) in [7, 11) is 0. The molecule has 2 N–H and O–H groups in total. The third-order valence-corrected chi connectivity index (χ3v) is 5.47. The number of carbonyl (C=O) groups excluding carboxylic acids is 2. The van der Waals surface area contributed by atoms with Gasteiger partial charge in [0.1, 0.15) is 11.6 Å². The average Bonchev–Trinajstić information content (AvgIpc) is 2.78. The third-order valence-electron chi connectivity index (χ3n) is 5.47. The highest BCUT2D eigenvalue weighted by molar-refractivity contribution is 5.98. The number of pyridine rings is 1. The number of nitrogens with one attached hydrogen (secondary N) is 2. The Bertz CT molecular complexity index is 921. The van der Waals surface area contributed by atoms with E-state index in [9.17, 15) is 9.59 Å². The lowest BCUT2D eigenvalue weighted by Crippen LogP contribution is -2.47. The van der Waals surface area contributed by atoms with Gasteiger partial charge in [0.2, 0.25) is 5.91 Å². The number of para-hydroxylation sites is 2. The summed E-state index contributed by atoms with van der Waals surface area (Å²) in [5.74, 6) is -0.288. The lowest BCUT2D eigenvalue weighted by Gasteiger charge is -2.37. The third kappa shape index (κ3) is 7.75. The van der Waals surface area contributed by atoms with Gasteiger partial charge in [-0.05, 0) is 63.9 Å². The van der Waals surface area contributed by atoms with Crippen LogP contribution in [-0.2, 0) is 16.0 Å². The van der Waals surface area contributed by atoms with Gasteiger partial charge in [0.25, 0.3) is 0 Å². The normalized spacial score (nSPS) is 15.6. The van der Waals surface area contributed by atoms with Crippen LogP contribution in [0.15, 0.2) is 48.8 Å². The van der Waals surface area contributed by atoms with Crippen molar-refractivity contribution < 1.29 is 14.3 Å². The Morgan fingerprint density at radius 2 is 1.73 bits per heavy atom. The zero-order chi connectivity index (χ0) is 23.8. The van der Waals surface area contributed by atoms with E-state index in [0.29, 0.717) is 0 Å². The van der Waals surface area contributed by atoms with Crippen LogP contribution in [0.25, 0.3) is 0 Å². The summed E-state index contributed by atoms with van der Waals surface area (Å²) in [6.45, 7) is 11.7. The van der Waals surface area contributed by atoms with Crippen LogP contribution in [0.3, 0.4) is 0 Å². The molecule has 1 saturated heterocycles. The Labute approximate surface area is 196 Å². The number of piperazine rings is 1. The van der Waals surface area contributed by atoms with Crippen LogP contribution in [0.1, 0.15) is 33.3 Å². The molecule has 1 aliphatic heterocycles. The molecule has 33 heavy (non-hydrogen) atoms. The van der Waals surface area contributed by atoms with Crippen LogP contribution < -0.4 is 15.5 Å². The van der Waals surface area contributed by atoms with Crippen molar-refractivity contribution in [2.24, 2.45) is 0 Å². The van der Waals surface area contributed by atoms with E-state index in [0.717, 1.165) is 50.5 Å². The van der Waals surface area contributed by atoms with Gasteiger partial charge in [-0.15, -0.1) is 0 Å². The molecule has 0 radical (unpaired) electrons. The number of nitrogens with zero attached hydrogens (tertiary/aromatic N) is 3. The van der Waals surface area contributed by atoms with Gasteiger partial charge in [0.05, 0.1) is 11.4 Å². The Morgan fingerprint density at radius 3 is 2.39 bits per heavy atom. The van der Waals surface area contributed by atoms with Crippen molar-refractivity contribution in [3.63, 3.8) is 0 Å². The maximum Gasteiger partial charge on any atom is 0.408 e. The van der Waals surface area contributed by atoms with Crippen LogP contribution in [0.5, 0.6) is 0 Å². The van der Waals surface area contributed by atoms with E-state index in [2.05, 4.69) is 37.6 Å². The summed E-state index contributed by atoms with van der Waals surface area (Å²) in [5.41, 5.74) is 2.41. The van der Waals surface area contributed by atoms with Crippen LogP contribution in [0.2, 0.25) is 0 Å². The van der Waals surface area contributed by atoms with Crippen molar-refractivity contribution in [2.75, 3.05) is 42.9 Å². The number of alkyl carbamates (subject to hydrolysis) is 1. The second-order valence-corrected chi connectivity index (χ2v) is 9.31. The van der Waals surface area contributed by atoms with Gasteiger partial charge < -0.3 is 20.3 Å². The predicted molar refractivity (Wildman–Crippen MR) is 130 cm³/mol. The molecule has 8 nitrogen and oxygen atoms in total. The Morgan fingerprint density at radius 1 is 1.06 bits per heavy atom. The molecule has 0 spiro atoms. The fraction of sp³-hybridized carbons (Fsp3) is 0.480. The zero-order valence-electron chi connectivity index (χ0n) is 20.0. The zero-order valence-corrected chi connectivity index (χ0v) is 20.0. The Hall–Kier alpha value is -3.13. The highest BCUT2D eigenvalue weighted by atomic mass is 16.6. The first-order valence-electron chi connectivity index (χ1n) is 11.5. The molecular weight excluding hydrogens is 418 g/mol. The lowest BCUT2D eigenvalue weighted by molar-refractivity contribution is -0.117. The molecule has 0 bridgehead atoms. The first-order chi connectivity index (χ1) is 15.7. The molecule has 178 valence electrons. The van der Waals surface area contributed by atoms with Crippen molar-refractivity contribution in [2.45, 2.75) is 45.8 Å². The molecule has 3 rings (SSSR count). The summed E-state index contributed by atoms with van der Waals surface area (Å²) < 4.78 is 5.24. The summed E-state index contributed by atoms with van der Waals surface area (Å²) in [6.07, 6.45) is 4.07. The van der Waals surface area contributed by atoms with E-state index >= 15 is 0 Å². The molecule has 2 aromatic rings. The van der Waals surface area contributed by atoms with Crippen LogP contribution in [0, 0.1) is 0 Å². The number of benzene rings is 1. The first kappa shape index (κ1) is 24.5. The Balaban J connectivity index is 1.53. The van der Waals surface area contributed by atoms with E-state index in [1.54, 1.807) is 27.7 Å². The molecular formula is C25H35N5O3. The molecule has 8 heteroatoms. The number of amides is 2. The number of hydrogen-bond donors (Lipinski definition) is 2. The van der Waals surface area contributed by atoms with Gasteiger partial charge in [0.15, 0.2) is 0 Å². The van der Waals surface area contributed by atoms with Gasteiger partial charge in [-0.2, -0.15) is 0 Å². The molecule has 1 aliphatic rings. The molecule has 1 atom stereocenters. The van der Waals surface area contributed by atoms with E-state index in [1.807, 2.05) is 36.7 Å². The molecule has 0 aliphatic carbocycles. The smallest absolute Gasteiger partial charge is 0.408 e. The van der Waals surface area contributed by atoms with Gasteiger partial charge >= 0.3 is 6.09 Å². The van der Waals surface area contributed by atoms with Gasteiger partial charge in [-0.1, -0.05) is 12.1 Å². The minimum atomic E-state index is -0.724. The largest absolute Gasteiger partial charge is 0.444 e. The summed E-state index contributed by atoms with van der Waals surface area (Å²) in [5, 5.41) is 5.55. The number of rotatable bonds is 7. The molecule has 2 amide bonds. The van der Waals surface area contributed by atoms with Crippen molar-refractivity contribution >= 4 is 23.4 Å². The second kappa shape index (κ2) is 11.1. The number of ether oxygens (including phenoxy) is 1. The predicted octanol–water partition coefficient (Wildman–Crippen LogP) is 3.30.